The zero-order chi connectivity index (χ0) is 19.9. The molecule has 1 heterocycles. The molecular formula is C21H31NO5. The summed E-state index contributed by atoms with van der Waals surface area (Å²) in [6, 6.07) is 5.51. The molecule has 2 N–H and O–H groups in total. The van der Waals surface area contributed by atoms with Crippen LogP contribution in [0.3, 0.4) is 0 Å². The van der Waals surface area contributed by atoms with Gasteiger partial charge in [0.15, 0.2) is 5.79 Å². The lowest BCUT2D eigenvalue weighted by molar-refractivity contribution is -0.277. The molecule has 0 aromatic heterocycles. The highest BCUT2D eigenvalue weighted by atomic mass is 16.7. The molecule has 2 aliphatic rings. The smallest absolute Gasteiger partial charge is 0.408 e. The van der Waals surface area contributed by atoms with Gasteiger partial charge in [-0.3, -0.25) is 0 Å². The standard InChI is InChI=1S/C21H31NO5/c1-19(2,3)27-18(24)22-21(12-25-20(4,5)26-13-21)16-8-6-15-11-17(23)9-7-14(15)10-16/h7,9,11,16,23H,6,8,10,12-13H2,1-5H3,(H,22,24). The molecule has 3 rings (SSSR count). The van der Waals surface area contributed by atoms with Crippen molar-refractivity contribution in [2.75, 3.05) is 13.2 Å². The fraction of sp³-hybridized carbons (Fsp3) is 0.667. The van der Waals surface area contributed by atoms with Gasteiger partial charge in [-0.2, -0.15) is 0 Å². The number of rotatable bonds is 2. The number of amides is 1. The molecule has 150 valence electrons. The molecule has 1 atom stereocenters. The highest BCUT2D eigenvalue weighted by molar-refractivity contribution is 5.69. The lowest BCUT2D eigenvalue weighted by Crippen LogP contribution is -2.66. The molecule has 1 amide bonds. The van der Waals surface area contributed by atoms with Crippen molar-refractivity contribution in [2.24, 2.45) is 5.92 Å². The summed E-state index contributed by atoms with van der Waals surface area (Å²) in [6.07, 6.45) is 2.05. The van der Waals surface area contributed by atoms with Crippen LogP contribution in [0.5, 0.6) is 5.75 Å². The van der Waals surface area contributed by atoms with Crippen LogP contribution in [0, 0.1) is 5.92 Å². The molecule has 1 aromatic carbocycles. The van der Waals surface area contributed by atoms with Gasteiger partial charge in [0.1, 0.15) is 11.4 Å². The summed E-state index contributed by atoms with van der Waals surface area (Å²) in [5.41, 5.74) is 1.14. The molecule has 27 heavy (non-hydrogen) atoms. The minimum atomic E-state index is -0.669. The number of fused-ring (bicyclic) bond motifs is 1. The van der Waals surface area contributed by atoms with E-state index < -0.39 is 23.0 Å². The minimum absolute atomic E-state index is 0.151. The zero-order valence-corrected chi connectivity index (χ0v) is 16.9. The number of ether oxygens (including phenoxy) is 3. The molecule has 0 saturated carbocycles. The first kappa shape index (κ1) is 20.0. The van der Waals surface area contributed by atoms with Crippen LogP contribution in [0.4, 0.5) is 4.79 Å². The van der Waals surface area contributed by atoms with Gasteiger partial charge in [-0.25, -0.2) is 4.79 Å². The van der Waals surface area contributed by atoms with E-state index in [1.807, 2.05) is 46.8 Å². The predicted octanol–water partition coefficient (Wildman–Crippen LogP) is 3.54. The molecule has 6 nitrogen and oxygen atoms in total. The van der Waals surface area contributed by atoms with Crippen molar-refractivity contribution in [3.8, 4) is 5.75 Å². The molecule has 1 fully saturated rings. The number of alkyl carbamates (subject to hydrolysis) is 1. The Hall–Kier alpha value is -1.79. The van der Waals surface area contributed by atoms with Crippen LogP contribution >= 0.6 is 0 Å². The lowest BCUT2D eigenvalue weighted by Gasteiger charge is -2.49. The van der Waals surface area contributed by atoms with Gasteiger partial charge in [0.2, 0.25) is 0 Å². The second kappa shape index (κ2) is 6.99. The van der Waals surface area contributed by atoms with Crippen molar-refractivity contribution in [1.29, 1.82) is 0 Å². The van der Waals surface area contributed by atoms with Crippen LogP contribution in [-0.4, -0.2) is 41.3 Å². The van der Waals surface area contributed by atoms with Crippen molar-refractivity contribution >= 4 is 6.09 Å². The van der Waals surface area contributed by atoms with Crippen molar-refractivity contribution in [3.05, 3.63) is 29.3 Å². The van der Waals surface area contributed by atoms with E-state index >= 15 is 0 Å². The summed E-state index contributed by atoms with van der Waals surface area (Å²) in [7, 11) is 0. The Bertz CT molecular complexity index is 697. The Balaban J connectivity index is 1.82. The van der Waals surface area contributed by atoms with E-state index in [0.717, 1.165) is 24.8 Å². The van der Waals surface area contributed by atoms with Gasteiger partial charge in [0, 0.05) is 0 Å². The number of phenols is 1. The third kappa shape index (κ3) is 4.74. The summed E-state index contributed by atoms with van der Waals surface area (Å²) >= 11 is 0. The lowest BCUT2D eigenvalue weighted by atomic mass is 9.72. The Kier molecular flexibility index (Phi) is 5.16. The van der Waals surface area contributed by atoms with E-state index in [4.69, 9.17) is 14.2 Å². The maximum absolute atomic E-state index is 12.5. The van der Waals surface area contributed by atoms with E-state index in [1.165, 1.54) is 5.56 Å². The Morgan fingerprint density at radius 2 is 1.89 bits per heavy atom. The fourth-order valence-corrected chi connectivity index (χ4v) is 3.82. The molecule has 6 heteroatoms. The van der Waals surface area contributed by atoms with Crippen LogP contribution < -0.4 is 5.32 Å². The third-order valence-corrected chi connectivity index (χ3v) is 5.30. The van der Waals surface area contributed by atoms with Crippen LogP contribution in [0.1, 0.15) is 52.2 Å². The number of hydrogen-bond donors (Lipinski definition) is 2. The SMILES string of the molecule is CC(C)(C)OC(=O)NC1(C2CCc3cc(O)ccc3C2)COC(C)(C)OC1. The normalized spacial score (nSPS) is 24.0. The van der Waals surface area contributed by atoms with Crippen LogP contribution in [-0.2, 0) is 27.1 Å². The van der Waals surface area contributed by atoms with Crippen LogP contribution in [0.15, 0.2) is 18.2 Å². The largest absolute Gasteiger partial charge is 0.508 e. The first-order chi connectivity index (χ1) is 12.5. The predicted molar refractivity (Wildman–Crippen MR) is 102 cm³/mol. The van der Waals surface area contributed by atoms with E-state index in [-0.39, 0.29) is 5.92 Å². The number of benzene rings is 1. The summed E-state index contributed by atoms with van der Waals surface area (Å²) in [4.78, 5) is 12.5. The van der Waals surface area contributed by atoms with Gasteiger partial charge in [-0.15, -0.1) is 0 Å². The molecule has 1 unspecified atom stereocenters. The fourth-order valence-electron chi connectivity index (χ4n) is 3.82. The monoisotopic (exact) mass is 377 g/mol. The average molecular weight is 377 g/mol. The summed E-state index contributed by atoms with van der Waals surface area (Å²) in [6.45, 7) is 10.0. The number of hydrogen-bond acceptors (Lipinski definition) is 5. The van der Waals surface area contributed by atoms with E-state index in [1.54, 1.807) is 6.07 Å². The number of carbonyl (C=O) groups is 1. The quantitative estimate of drug-likeness (QED) is 0.824. The molecule has 0 radical (unpaired) electrons. The van der Waals surface area contributed by atoms with E-state index in [0.29, 0.717) is 19.0 Å². The Morgan fingerprint density at radius 1 is 1.22 bits per heavy atom. The number of nitrogens with one attached hydrogen (secondary N) is 1. The van der Waals surface area contributed by atoms with Gasteiger partial charge >= 0.3 is 6.09 Å². The van der Waals surface area contributed by atoms with Gasteiger partial charge < -0.3 is 24.6 Å². The number of carbonyl (C=O) groups excluding carboxylic acids is 1. The third-order valence-electron chi connectivity index (χ3n) is 5.30. The summed E-state index contributed by atoms with van der Waals surface area (Å²) in [5, 5.41) is 12.8. The molecule has 0 bridgehead atoms. The van der Waals surface area contributed by atoms with Gasteiger partial charge in [0.25, 0.3) is 0 Å². The second-order valence-electron chi connectivity index (χ2n) is 9.15. The van der Waals surface area contributed by atoms with Crippen molar-refractivity contribution < 1.29 is 24.1 Å². The Labute approximate surface area is 161 Å². The summed E-state index contributed by atoms with van der Waals surface area (Å²) < 4.78 is 17.4. The zero-order valence-electron chi connectivity index (χ0n) is 16.9. The molecular weight excluding hydrogens is 346 g/mol. The molecule has 1 saturated heterocycles. The second-order valence-corrected chi connectivity index (χ2v) is 9.15. The van der Waals surface area contributed by atoms with Crippen molar-refractivity contribution in [3.63, 3.8) is 0 Å². The topological polar surface area (TPSA) is 77.0 Å². The number of aromatic hydroxyl groups is 1. The molecule has 1 aromatic rings. The summed E-state index contributed by atoms with van der Waals surface area (Å²) in [5.74, 6) is -0.227. The van der Waals surface area contributed by atoms with E-state index in [2.05, 4.69) is 5.32 Å². The molecule has 0 spiro atoms. The highest BCUT2D eigenvalue weighted by Crippen LogP contribution is 2.38. The maximum Gasteiger partial charge on any atom is 0.408 e. The molecule has 1 aliphatic carbocycles. The van der Waals surface area contributed by atoms with Crippen LogP contribution in [0.25, 0.3) is 0 Å². The highest BCUT2D eigenvalue weighted by Gasteiger charge is 2.48. The first-order valence-corrected chi connectivity index (χ1v) is 9.58. The first-order valence-electron chi connectivity index (χ1n) is 9.58. The van der Waals surface area contributed by atoms with Gasteiger partial charge in [0.05, 0.1) is 18.8 Å². The van der Waals surface area contributed by atoms with Gasteiger partial charge in [-0.05, 0) is 83.1 Å². The van der Waals surface area contributed by atoms with Crippen molar-refractivity contribution in [1.82, 2.24) is 5.32 Å². The van der Waals surface area contributed by atoms with Crippen molar-refractivity contribution in [2.45, 2.75) is 70.8 Å². The van der Waals surface area contributed by atoms with Crippen LogP contribution in [0.2, 0.25) is 0 Å². The number of aryl methyl sites for hydroxylation is 1. The molecule has 1 aliphatic heterocycles. The number of phenolic OH excluding ortho intramolecular Hbond substituents is 1. The van der Waals surface area contributed by atoms with Gasteiger partial charge in [-0.1, -0.05) is 6.07 Å². The Morgan fingerprint density at radius 3 is 2.52 bits per heavy atom. The van der Waals surface area contributed by atoms with E-state index in [9.17, 15) is 9.90 Å². The average Bonchev–Trinajstić information content (AvgIpc) is 2.55. The maximum atomic E-state index is 12.5. The minimum Gasteiger partial charge on any atom is -0.508 e.